The highest BCUT2D eigenvalue weighted by Crippen LogP contribution is 2.30. The first-order valence-electron chi connectivity index (χ1n) is 5.54. The van der Waals surface area contributed by atoms with Crippen molar-refractivity contribution in [2.24, 2.45) is 5.92 Å². The van der Waals surface area contributed by atoms with E-state index < -0.39 is 0 Å². The molecule has 0 saturated carbocycles. The van der Waals surface area contributed by atoms with Gasteiger partial charge in [-0.05, 0) is 31.9 Å². The molecule has 1 aliphatic rings. The van der Waals surface area contributed by atoms with Crippen LogP contribution < -0.4 is 5.32 Å². The number of nitrogens with zero attached hydrogens (tertiary/aromatic N) is 1. The molecule has 1 aliphatic heterocycles. The van der Waals surface area contributed by atoms with Gasteiger partial charge in [0.1, 0.15) is 0 Å². The van der Waals surface area contributed by atoms with Gasteiger partial charge in [-0.1, -0.05) is 13.3 Å². The van der Waals surface area contributed by atoms with Gasteiger partial charge in [0, 0.05) is 18.2 Å². The Kier molecular flexibility index (Phi) is 2.87. The Bertz CT molecular complexity index is 292. The molecule has 0 aliphatic carbocycles. The van der Waals surface area contributed by atoms with Gasteiger partial charge in [-0.3, -0.25) is 5.10 Å². The minimum atomic E-state index is 0.625. The van der Waals surface area contributed by atoms with Gasteiger partial charge in [0.25, 0.3) is 0 Å². The zero-order valence-electron chi connectivity index (χ0n) is 9.01. The first-order chi connectivity index (χ1) is 6.81. The smallest absolute Gasteiger partial charge is 0.0671 e. The number of aromatic nitrogens is 2. The molecule has 2 heterocycles. The summed E-state index contributed by atoms with van der Waals surface area (Å²) in [6.07, 6.45) is 2.58. The summed E-state index contributed by atoms with van der Waals surface area (Å²) < 4.78 is 0. The second-order valence-corrected chi connectivity index (χ2v) is 4.29. The first-order valence-corrected chi connectivity index (χ1v) is 5.54. The van der Waals surface area contributed by atoms with Crippen LogP contribution in [0.1, 0.15) is 37.1 Å². The van der Waals surface area contributed by atoms with Crippen LogP contribution in [0, 0.1) is 12.8 Å². The fourth-order valence-electron chi connectivity index (χ4n) is 2.38. The zero-order valence-corrected chi connectivity index (χ0v) is 9.01. The average Bonchev–Trinajstić information content (AvgIpc) is 2.74. The van der Waals surface area contributed by atoms with E-state index in [0.717, 1.165) is 19.0 Å². The van der Waals surface area contributed by atoms with E-state index in [4.69, 9.17) is 0 Å². The van der Waals surface area contributed by atoms with Crippen molar-refractivity contribution in [1.29, 1.82) is 0 Å². The van der Waals surface area contributed by atoms with E-state index in [0.29, 0.717) is 5.92 Å². The first kappa shape index (κ1) is 9.71. The maximum Gasteiger partial charge on any atom is 0.0671 e. The summed E-state index contributed by atoms with van der Waals surface area (Å²) >= 11 is 0. The van der Waals surface area contributed by atoms with Crippen LogP contribution in [-0.2, 0) is 0 Å². The fourth-order valence-corrected chi connectivity index (χ4v) is 2.38. The van der Waals surface area contributed by atoms with Gasteiger partial charge >= 0.3 is 0 Å². The molecule has 0 spiro atoms. The number of aryl methyl sites for hydroxylation is 1. The Morgan fingerprint density at radius 1 is 1.50 bits per heavy atom. The molecular weight excluding hydrogens is 174 g/mol. The number of aromatic amines is 1. The van der Waals surface area contributed by atoms with Crippen molar-refractivity contribution >= 4 is 0 Å². The Morgan fingerprint density at radius 2 is 2.36 bits per heavy atom. The number of H-pyrrole nitrogens is 1. The summed E-state index contributed by atoms with van der Waals surface area (Å²) in [5.74, 6) is 1.41. The van der Waals surface area contributed by atoms with E-state index in [2.05, 4.69) is 35.4 Å². The lowest BCUT2D eigenvalue weighted by Crippen LogP contribution is -2.10. The number of hydrogen-bond acceptors (Lipinski definition) is 2. The molecule has 0 unspecified atom stereocenters. The van der Waals surface area contributed by atoms with Gasteiger partial charge in [-0.15, -0.1) is 0 Å². The van der Waals surface area contributed by atoms with Crippen molar-refractivity contribution in [3.8, 4) is 0 Å². The SMILES string of the molecule is CCC[C@@H]1CNC[C@@H]1c1cc(C)[nH]n1. The molecule has 0 amide bonds. The maximum absolute atomic E-state index is 4.37. The zero-order chi connectivity index (χ0) is 9.97. The molecule has 1 fully saturated rings. The Labute approximate surface area is 85.3 Å². The van der Waals surface area contributed by atoms with Crippen molar-refractivity contribution in [3.63, 3.8) is 0 Å². The summed E-state index contributed by atoms with van der Waals surface area (Å²) in [4.78, 5) is 0. The van der Waals surface area contributed by atoms with Crippen molar-refractivity contribution in [3.05, 3.63) is 17.5 Å². The Morgan fingerprint density at radius 3 is 3.00 bits per heavy atom. The summed E-state index contributed by atoms with van der Waals surface area (Å²) in [6, 6.07) is 2.18. The van der Waals surface area contributed by atoms with Crippen molar-refractivity contribution < 1.29 is 0 Å². The second-order valence-electron chi connectivity index (χ2n) is 4.29. The molecule has 3 heteroatoms. The Balaban J connectivity index is 2.09. The highest BCUT2D eigenvalue weighted by atomic mass is 15.1. The molecule has 78 valence electrons. The predicted molar refractivity (Wildman–Crippen MR) is 57.3 cm³/mol. The van der Waals surface area contributed by atoms with Gasteiger partial charge in [-0.2, -0.15) is 5.10 Å². The Hall–Kier alpha value is -0.830. The normalized spacial score (nSPS) is 27.0. The molecule has 14 heavy (non-hydrogen) atoms. The van der Waals surface area contributed by atoms with Crippen LogP contribution in [0.2, 0.25) is 0 Å². The third kappa shape index (κ3) is 1.82. The van der Waals surface area contributed by atoms with Crippen LogP contribution in [0.25, 0.3) is 0 Å². The van der Waals surface area contributed by atoms with Gasteiger partial charge in [0.2, 0.25) is 0 Å². The predicted octanol–water partition coefficient (Wildman–Crippen LogP) is 1.82. The van der Waals surface area contributed by atoms with Crippen molar-refractivity contribution in [2.45, 2.75) is 32.6 Å². The molecule has 3 nitrogen and oxygen atoms in total. The van der Waals surface area contributed by atoms with E-state index in [1.165, 1.54) is 24.2 Å². The molecular formula is C11H19N3. The fraction of sp³-hybridized carbons (Fsp3) is 0.727. The minimum Gasteiger partial charge on any atom is -0.316 e. The lowest BCUT2D eigenvalue weighted by atomic mass is 9.89. The van der Waals surface area contributed by atoms with E-state index in [-0.39, 0.29) is 0 Å². The standard InChI is InChI=1S/C11H19N3/c1-3-4-9-6-12-7-10(9)11-5-8(2)13-14-11/h5,9-10,12H,3-4,6-7H2,1-2H3,(H,13,14)/t9-,10+/m1/s1. The molecule has 2 atom stereocenters. The third-order valence-electron chi connectivity index (χ3n) is 3.10. The topological polar surface area (TPSA) is 40.7 Å². The van der Waals surface area contributed by atoms with E-state index in [9.17, 15) is 0 Å². The molecule has 1 saturated heterocycles. The summed E-state index contributed by atoms with van der Waals surface area (Å²) in [7, 11) is 0. The molecule has 1 aromatic heterocycles. The third-order valence-corrected chi connectivity index (χ3v) is 3.10. The van der Waals surface area contributed by atoms with Crippen molar-refractivity contribution in [2.75, 3.05) is 13.1 Å². The monoisotopic (exact) mass is 193 g/mol. The molecule has 0 aromatic carbocycles. The number of nitrogens with one attached hydrogen (secondary N) is 2. The number of rotatable bonds is 3. The lowest BCUT2D eigenvalue weighted by molar-refractivity contribution is 0.466. The van der Waals surface area contributed by atoms with Crippen LogP contribution in [0.3, 0.4) is 0 Å². The number of hydrogen-bond donors (Lipinski definition) is 2. The van der Waals surface area contributed by atoms with E-state index in [1.807, 2.05) is 0 Å². The summed E-state index contributed by atoms with van der Waals surface area (Å²) in [5, 5.41) is 10.9. The van der Waals surface area contributed by atoms with Gasteiger partial charge in [-0.25, -0.2) is 0 Å². The van der Waals surface area contributed by atoms with Gasteiger partial charge in [0.05, 0.1) is 5.69 Å². The van der Waals surface area contributed by atoms with Crippen LogP contribution in [0.5, 0.6) is 0 Å². The highest BCUT2D eigenvalue weighted by Gasteiger charge is 2.29. The largest absolute Gasteiger partial charge is 0.316 e. The van der Waals surface area contributed by atoms with E-state index in [1.54, 1.807) is 0 Å². The quantitative estimate of drug-likeness (QED) is 0.768. The van der Waals surface area contributed by atoms with Crippen molar-refractivity contribution in [1.82, 2.24) is 15.5 Å². The van der Waals surface area contributed by atoms with Gasteiger partial charge in [0.15, 0.2) is 0 Å². The molecule has 1 aromatic rings. The van der Waals surface area contributed by atoms with Crippen LogP contribution in [0.4, 0.5) is 0 Å². The van der Waals surface area contributed by atoms with E-state index >= 15 is 0 Å². The second kappa shape index (κ2) is 4.13. The minimum absolute atomic E-state index is 0.625. The molecule has 0 radical (unpaired) electrons. The maximum atomic E-state index is 4.37. The van der Waals surface area contributed by atoms with Crippen LogP contribution >= 0.6 is 0 Å². The van der Waals surface area contributed by atoms with Crippen LogP contribution in [-0.4, -0.2) is 23.3 Å². The van der Waals surface area contributed by atoms with Crippen LogP contribution in [0.15, 0.2) is 6.07 Å². The highest BCUT2D eigenvalue weighted by molar-refractivity contribution is 5.15. The summed E-state index contributed by atoms with van der Waals surface area (Å²) in [6.45, 7) is 6.57. The summed E-state index contributed by atoms with van der Waals surface area (Å²) in [5.41, 5.74) is 2.41. The van der Waals surface area contributed by atoms with Gasteiger partial charge < -0.3 is 5.32 Å². The molecule has 0 bridgehead atoms. The molecule has 2 rings (SSSR count). The molecule has 2 N–H and O–H groups in total. The average molecular weight is 193 g/mol. The lowest BCUT2D eigenvalue weighted by Gasteiger charge is -2.14.